The van der Waals surface area contributed by atoms with E-state index >= 15 is 0 Å². The van der Waals surface area contributed by atoms with Crippen molar-refractivity contribution < 1.29 is 18.7 Å². The highest BCUT2D eigenvalue weighted by Crippen LogP contribution is 2.45. The van der Waals surface area contributed by atoms with E-state index in [9.17, 15) is 14.0 Å². The molecule has 5 rings (SSSR count). The molecule has 7 nitrogen and oxygen atoms in total. The molecule has 3 heterocycles. The van der Waals surface area contributed by atoms with E-state index in [-0.39, 0.29) is 16.7 Å². The van der Waals surface area contributed by atoms with Gasteiger partial charge in [0.05, 0.1) is 35.6 Å². The molecule has 2 aliphatic heterocycles. The monoisotopic (exact) mass is 456 g/mol. The lowest BCUT2D eigenvalue weighted by atomic mass is 10.1. The lowest BCUT2D eigenvalue weighted by molar-refractivity contribution is -0.118. The Bertz CT molecular complexity index is 1280. The number of fused-ring (bicyclic) bond motifs is 2. The molecule has 1 fully saturated rings. The number of rotatable bonds is 3. The Hall–Kier alpha value is -3.17. The van der Waals surface area contributed by atoms with Crippen LogP contribution in [0.4, 0.5) is 14.9 Å². The number of nitrogens with one attached hydrogen (secondary N) is 1. The molecular formula is C21H14ClFN4O3S. The summed E-state index contributed by atoms with van der Waals surface area (Å²) in [7, 11) is 1.36. The van der Waals surface area contributed by atoms with Crippen molar-refractivity contribution in [2.75, 3.05) is 12.0 Å². The number of urea groups is 1. The van der Waals surface area contributed by atoms with E-state index < -0.39 is 23.1 Å². The first-order valence-electron chi connectivity index (χ1n) is 9.24. The quantitative estimate of drug-likeness (QED) is 0.641. The largest absolute Gasteiger partial charge is 0.494 e. The van der Waals surface area contributed by atoms with Crippen molar-refractivity contribution in [2.45, 2.75) is 11.3 Å². The smallest absolute Gasteiger partial charge is 0.329 e. The van der Waals surface area contributed by atoms with Crippen LogP contribution in [0.1, 0.15) is 5.56 Å². The van der Waals surface area contributed by atoms with Gasteiger partial charge in [0.2, 0.25) is 0 Å². The Balaban J connectivity index is 1.50. The van der Waals surface area contributed by atoms with Crippen molar-refractivity contribution in [3.05, 3.63) is 65.1 Å². The number of methoxy groups -OCH3 is 1. The van der Waals surface area contributed by atoms with E-state index in [4.69, 9.17) is 16.3 Å². The van der Waals surface area contributed by atoms with Crippen LogP contribution in [0.15, 0.2) is 48.7 Å². The lowest BCUT2D eigenvalue weighted by Crippen LogP contribution is -2.60. The molecule has 0 saturated carbocycles. The number of carbonyl (C=O) groups excluding carboxylic acids is 2. The lowest BCUT2D eigenvalue weighted by Gasteiger charge is -2.33. The zero-order valence-corrected chi connectivity index (χ0v) is 17.6. The summed E-state index contributed by atoms with van der Waals surface area (Å²) in [6, 6.07) is 8.72. The van der Waals surface area contributed by atoms with Gasteiger partial charge >= 0.3 is 6.03 Å². The third kappa shape index (κ3) is 3.21. The maximum absolute atomic E-state index is 13.9. The van der Waals surface area contributed by atoms with Crippen molar-refractivity contribution in [3.63, 3.8) is 0 Å². The molecule has 1 N–H and O–H groups in total. The Morgan fingerprint density at radius 3 is 2.87 bits per heavy atom. The molecule has 10 heteroatoms. The van der Waals surface area contributed by atoms with Gasteiger partial charge < -0.3 is 10.1 Å². The van der Waals surface area contributed by atoms with Gasteiger partial charge in [0.15, 0.2) is 11.6 Å². The number of aromatic nitrogens is 2. The molecule has 3 aromatic rings. The van der Waals surface area contributed by atoms with E-state index in [1.165, 1.54) is 37.2 Å². The number of amides is 3. The highest BCUT2D eigenvalue weighted by molar-refractivity contribution is 8.09. The first kappa shape index (κ1) is 19.8. The molecule has 1 aromatic heterocycles. The zero-order valence-electron chi connectivity index (χ0n) is 16.0. The van der Waals surface area contributed by atoms with Crippen LogP contribution < -0.4 is 15.0 Å². The molecule has 0 spiro atoms. The minimum atomic E-state index is -0.605. The summed E-state index contributed by atoms with van der Waals surface area (Å²) in [5.74, 6) is -0.916. The van der Waals surface area contributed by atoms with E-state index in [1.54, 1.807) is 30.3 Å². The van der Waals surface area contributed by atoms with Gasteiger partial charge in [-0.05, 0) is 24.3 Å². The van der Waals surface area contributed by atoms with Gasteiger partial charge in [0, 0.05) is 15.9 Å². The number of thioether (sulfide) groups is 1. The number of hydrogen-bond acceptors (Lipinski definition) is 6. The average molecular weight is 457 g/mol. The number of ether oxygens (including phenoxy) is 1. The molecule has 31 heavy (non-hydrogen) atoms. The molecular weight excluding hydrogens is 443 g/mol. The summed E-state index contributed by atoms with van der Waals surface area (Å²) in [4.78, 5) is 28.0. The molecule has 0 bridgehead atoms. The molecule has 2 aliphatic rings. The molecule has 2 aromatic carbocycles. The SMILES string of the molecule is COc1cc(C2=CC3NC(=O)N(c4cnnc5ccccc45)C(=O)C3S2)c(Cl)cc1F. The van der Waals surface area contributed by atoms with Gasteiger partial charge in [-0.25, -0.2) is 14.1 Å². The summed E-state index contributed by atoms with van der Waals surface area (Å²) in [6.07, 6.45) is 3.15. The number of anilines is 1. The van der Waals surface area contributed by atoms with E-state index in [2.05, 4.69) is 15.5 Å². The first-order valence-corrected chi connectivity index (χ1v) is 10.5. The van der Waals surface area contributed by atoms with Gasteiger partial charge in [-0.2, -0.15) is 10.2 Å². The van der Waals surface area contributed by atoms with Crippen LogP contribution in [0.25, 0.3) is 15.8 Å². The highest BCUT2D eigenvalue weighted by atomic mass is 35.5. The normalized spacial score (nSPS) is 20.5. The van der Waals surface area contributed by atoms with E-state index in [0.717, 1.165) is 4.90 Å². The second-order valence-electron chi connectivity index (χ2n) is 6.93. The van der Waals surface area contributed by atoms with Crippen molar-refractivity contribution in [2.24, 2.45) is 0 Å². The zero-order chi connectivity index (χ0) is 21.7. The Morgan fingerprint density at radius 1 is 1.26 bits per heavy atom. The third-order valence-corrected chi connectivity index (χ3v) is 6.81. The molecule has 156 valence electrons. The summed E-state index contributed by atoms with van der Waals surface area (Å²) < 4.78 is 19.0. The maximum atomic E-state index is 13.9. The number of imide groups is 1. The van der Waals surface area contributed by atoms with Crippen molar-refractivity contribution in [3.8, 4) is 5.75 Å². The van der Waals surface area contributed by atoms with Gasteiger partial charge in [0.25, 0.3) is 5.91 Å². The second kappa shape index (κ2) is 7.51. The van der Waals surface area contributed by atoms with Gasteiger partial charge in [0.1, 0.15) is 5.25 Å². The summed E-state index contributed by atoms with van der Waals surface area (Å²) in [5.41, 5.74) is 1.47. The van der Waals surface area contributed by atoms with Crippen molar-refractivity contribution in [1.29, 1.82) is 0 Å². The minimum Gasteiger partial charge on any atom is -0.494 e. The fraction of sp³-hybridized carbons (Fsp3) is 0.143. The van der Waals surface area contributed by atoms with Gasteiger partial charge in [-0.3, -0.25) is 4.79 Å². The third-order valence-electron chi connectivity index (χ3n) is 5.14. The summed E-state index contributed by atoms with van der Waals surface area (Å²) in [5, 5.41) is 11.1. The van der Waals surface area contributed by atoms with E-state index in [0.29, 0.717) is 27.1 Å². The standard InChI is InChI=1S/C21H14ClFN4O3S/c1-30-17-6-11(12(22)7-13(17)23)18-8-15-19(31-18)20(28)27(21(29)25-15)16-9-24-26-14-5-3-2-4-10(14)16/h2-9,15,19H,1H3,(H,25,29). The highest BCUT2D eigenvalue weighted by Gasteiger charge is 2.46. The maximum Gasteiger partial charge on any atom is 0.329 e. The van der Waals surface area contributed by atoms with Crippen molar-refractivity contribution in [1.82, 2.24) is 15.5 Å². The number of nitrogens with zero attached hydrogens (tertiary/aromatic N) is 3. The molecule has 2 atom stereocenters. The first-order chi connectivity index (χ1) is 15.0. The molecule has 0 aliphatic carbocycles. The Morgan fingerprint density at radius 2 is 2.06 bits per heavy atom. The van der Waals surface area contributed by atoms with Crippen LogP contribution >= 0.6 is 23.4 Å². The molecule has 1 saturated heterocycles. The van der Waals surface area contributed by atoms with Crippen molar-refractivity contribution >= 4 is 56.8 Å². The molecule has 3 amide bonds. The van der Waals surface area contributed by atoms with Crippen LogP contribution in [0.5, 0.6) is 5.75 Å². The van der Waals surface area contributed by atoms with Crippen LogP contribution in [0, 0.1) is 5.82 Å². The second-order valence-corrected chi connectivity index (χ2v) is 8.52. The van der Waals surface area contributed by atoms with Crippen LogP contribution in [-0.4, -0.2) is 40.5 Å². The van der Waals surface area contributed by atoms with Crippen LogP contribution in [0.3, 0.4) is 0 Å². The Kier molecular flexibility index (Phi) is 4.79. The van der Waals surface area contributed by atoms with E-state index in [1.807, 2.05) is 0 Å². The van der Waals surface area contributed by atoms with Crippen LogP contribution in [-0.2, 0) is 4.79 Å². The fourth-order valence-electron chi connectivity index (χ4n) is 3.68. The topological polar surface area (TPSA) is 84.4 Å². The molecule has 2 unspecified atom stereocenters. The minimum absolute atomic E-state index is 0.0436. The number of hydrogen-bond donors (Lipinski definition) is 1. The number of carbonyl (C=O) groups is 2. The van der Waals surface area contributed by atoms with Gasteiger partial charge in [-0.15, -0.1) is 11.8 Å². The summed E-state index contributed by atoms with van der Waals surface area (Å²) in [6.45, 7) is 0. The fourth-order valence-corrected chi connectivity index (χ4v) is 5.28. The predicted octanol–water partition coefficient (Wildman–Crippen LogP) is 4.01. The average Bonchev–Trinajstić information content (AvgIpc) is 3.18. The molecule has 0 radical (unpaired) electrons. The Labute approximate surface area is 185 Å². The van der Waals surface area contributed by atoms with Crippen LogP contribution in [0.2, 0.25) is 5.02 Å². The predicted molar refractivity (Wildman–Crippen MR) is 117 cm³/mol. The number of benzene rings is 2. The number of halogens is 2. The summed E-state index contributed by atoms with van der Waals surface area (Å²) >= 11 is 7.50. The van der Waals surface area contributed by atoms with Gasteiger partial charge in [-0.1, -0.05) is 29.8 Å².